The Hall–Kier alpha value is -1.62. The van der Waals surface area contributed by atoms with Crippen LogP contribution in [0.3, 0.4) is 0 Å². The highest BCUT2D eigenvalue weighted by atomic mass is 35.5. The van der Waals surface area contributed by atoms with Crippen molar-refractivity contribution in [1.29, 1.82) is 0 Å². The Kier molecular flexibility index (Phi) is 4.91. The van der Waals surface area contributed by atoms with Gasteiger partial charge in [-0.15, -0.1) is 0 Å². The van der Waals surface area contributed by atoms with E-state index in [1.54, 1.807) is 0 Å². The van der Waals surface area contributed by atoms with E-state index in [9.17, 15) is 5.11 Å². The fourth-order valence-electron chi connectivity index (χ4n) is 4.18. The minimum Gasteiger partial charge on any atom is -0.482 e. The summed E-state index contributed by atoms with van der Waals surface area (Å²) in [6.07, 6.45) is 6.39. The lowest BCUT2D eigenvalue weighted by Gasteiger charge is -2.42. The Morgan fingerprint density at radius 1 is 1.37 bits per heavy atom. The molecule has 0 radical (unpaired) electrons. The van der Waals surface area contributed by atoms with Crippen LogP contribution < -0.4 is 10.1 Å². The van der Waals surface area contributed by atoms with E-state index in [-0.39, 0.29) is 6.04 Å². The number of hydrogen-bond acceptors (Lipinski definition) is 4. The standard InChI is InChI=1S/C22H27ClN2O2/c1-13-12-17(23)15-8-9-16-19(24-11-10-14-6-4-5-7-14)21(26)22(2,3)27-20(16)18(15)25-13/h6,8-9,12,19,21,24,26H,4-5,7,10-11H2,1-3H3. The molecule has 2 unspecified atom stereocenters. The van der Waals surface area contributed by atoms with Gasteiger partial charge in [0.2, 0.25) is 0 Å². The van der Waals surface area contributed by atoms with E-state index in [2.05, 4.69) is 11.4 Å². The van der Waals surface area contributed by atoms with Gasteiger partial charge in [0.25, 0.3) is 0 Å². The molecule has 0 bridgehead atoms. The van der Waals surface area contributed by atoms with E-state index in [0.29, 0.717) is 5.02 Å². The van der Waals surface area contributed by atoms with Crippen LogP contribution in [-0.2, 0) is 0 Å². The van der Waals surface area contributed by atoms with Crippen molar-refractivity contribution < 1.29 is 9.84 Å². The minimum atomic E-state index is -0.719. The van der Waals surface area contributed by atoms with Gasteiger partial charge in [-0.25, -0.2) is 4.98 Å². The van der Waals surface area contributed by atoms with Gasteiger partial charge in [0.15, 0.2) is 5.75 Å². The van der Waals surface area contributed by atoms with Crippen LogP contribution in [0.5, 0.6) is 5.75 Å². The third-order valence-electron chi connectivity index (χ3n) is 5.72. The molecule has 2 N–H and O–H groups in total. The Bertz CT molecular complexity index is 907. The summed E-state index contributed by atoms with van der Waals surface area (Å²) < 4.78 is 6.24. The molecule has 0 fully saturated rings. The second kappa shape index (κ2) is 7.08. The topological polar surface area (TPSA) is 54.4 Å². The van der Waals surface area contributed by atoms with Crippen LogP contribution in [0.4, 0.5) is 0 Å². The molecule has 0 saturated carbocycles. The Morgan fingerprint density at radius 3 is 2.93 bits per heavy atom. The Labute approximate surface area is 165 Å². The monoisotopic (exact) mass is 386 g/mol. The lowest BCUT2D eigenvalue weighted by Crippen LogP contribution is -2.52. The summed E-state index contributed by atoms with van der Waals surface area (Å²) in [5.41, 5.74) is 3.37. The lowest BCUT2D eigenvalue weighted by molar-refractivity contribution is -0.0634. The van der Waals surface area contributed by atoms with Crippen molar-refractivity contribution in [3.63, 3.8) is 0 Å². The van der Waals surface area contributed by atoms with Crippen molar-refractivity contribution in [2.24, 2.45) is 0 Å². The van der Waals surface area contributed by atoms with Gasteiger partial charge in [-0.05, 0) is 59.1 Å². The summed E-state index contributed by atoms with van der Waals surface area (Å²) in [5.74, 6) is 0.728. The summed E-state index contributed by atoms with van der Waals surface area (Å²) in [6, 6.07) is 5.65. The first-order chi connectivity index (χ1) is 12.9. The zero-order chi connectivity index (χ0) is 19.2. The number of aromatic nitrogens is 1. The zero-order valence-corrected chi connectivity index (χ0v) is 16.9. The molecule has 1 aliphatic carbocycles. The third kappa shape index (κ3) is 3.46. The molecular formula is C22H27ClN2O2. The van der Waals surface area contributed by atoms with Gasteiger partial charge in [0.1, 0.15) is 17.2 Å². The van der Waals surface area contributed by atoms with Gasteiger partial charge in [-0.2, -0.15) is 0 Å². The fourth-order valence-corrected chi connectivity index (χ4v) is 4.49. The van der Waals surface area contributed by atoms with Crippen LogP contribution in [0.25, 0.3) is 10.9 Å². The molecule has 2 atom stereocenters. The molecular weight excluding hydrogens is 360 g/mol. The van der Waals surface area contributed by atoms with Gasteiger partial charge in [-0.3, -0.25) is 0 Å². The molecule has 2 aliphatic rings. The van der Waals surface area contributed by atoms with Crippen LogP contribution in [0.1, 0.15) is 56.8 Å². The van der Waals surface area contributed by atoms with E-state index in [1.807, 2.05) is 39.0 Å². The third-order valence-corrected chi connectivity index (χ3v) is 6.03. The smallest absolute Gasteiger partial charge is 0.151 e. The van der Waals surface area contributed by atoms with Gasteiger partial charge in [0.05, 0.1) is 11.1 Å². The highest BCUT2D eigenvalue weighted by Crippen LogP contribution is 2.44. The Morgan fingerprint density at radius 2 is 2.19 bits per heavy atom. The maximum absolute atomic E-state index is 11.0. The molecule has 27 heavy (non-hydrogen) atoms. The lowest BCUT2D eigenvalue weighted by atomic mass is 9.85. The van der Waals surface area contributed by atoms with Crippen molar-refractivity contribution in [1.82, 2.24) is 10.3 Å². The van der Waals surface area contributed by atoms with Crippen LogP contribution in [-0.4, -0.2) is 28.3 Å². The van der Waals surface area contributed by atoms with E-state index < -0.39 is 11.7 Å². The van der Waals surface area contributed by atoms with Crippen molar-refractivity contribution in [2.45, 2.75) is 64.2 Å². The van der Waals surface area contributed by atoms with Crippen molar-refractivity contribution in [3.8, 4) is 5.75 Å². The number of aryl methyl sites for hydroxylation is 1. The quantitative estimate of drug-likeness (QED) is 0.737. The number of hydrogen-bond donors (Lipinski definition) is 2. The average molecular weight is 387 g/mol. The van der Waals surface area contributed by atoms with Gasteiger partial charge >= 0.3 is 0 Å². The van der Waals surface area contributed by atoms with E-state index >= 15 is 0 Å². The molecule has 144 valence electrons. The second-order valence-electron chi connectivity index (χ2n) is 8.21. The first-order valence-electron chi connectivity index (χ1n) is 9.75. The van der Waals surface area contributed by atoms with Gasteiger partial charge < -0.3 is 15.2 Å². The molecule has 4 nitrogen and oxygen atoms in total. The number of ether oxygens (including phenoxy) is 1. The number of allylic oxidation sites excluding steroid dienone is 1. The number of nitrogens with one attached hydrogen (secondary N) is 1. The van der Waals surface area contributed by atoms with Crippen molar-refractivity contribution >= 4 is 22.5 Å². The minimum absolute atomic E-state index is 0.198. The van der Waals surface area contributed by atoms with E-state index in [0.717, 1.165) is 40.9 Å². The highest BCUT2D eigenvalue weighted by Gasteiger charge is 2.43. The molecule has 0 saturated heterocycles. The van der Waals surface area contributed by atoms with Gasteiger partial charge in [0, 0.05) is 16.6 Å². The molecule has 5 heteroatoms. The molecule has 4 rings (SSSR count). The normalized spacial score (nSPS) is 23.8. The summed E-state index contributed by atoms with van der Waals surface area (Å²) in [5, 5.41) is 16.1. The zero-order valence-electron chi connectivity index (χ0n) is 16.2. The van der Waals surface area contributed by atoms with Crippen molar-refractivity contribution in [3.05, 3.63) is 46.1 Å². The number of aliphatic hydroxyl groups excluding tert-OH is 1. The van der Waals surface area contributed by atoms with Crippen LogP contribution in [0.15, 0.2) is 29.8 Å². The number of pyridine rings is 1. The first kappa shape index (κ1) is 18.7. The van der Waals surface area contributed by atoms with Gasteiger partial charge in [-0.1, -0.05) is 35.4 Å². The molecule has 0 amide bonds. The van der Waals surface area contributed by atoms with Crippen LogP contribution >= 0.6 is 11.6 Å². The second-order valence-corrected chi connectivity index (χ2v) is 8.62. The highest BCUT2D eigenvalue weighted by molar-refractivity contribution is 6.35. The molecule has 2 aromatic rings. The van der Waals surface area contributed by atoms with Crippen molar-refractivity contribution in [2.75, 3.05) is 6.54 Å². The maximum Gasteiger partial charge on any atom is 0.151 e. The van der Waals surface area contributed by atoms with Crippen LogP contribution in [0.2, 0.25) is 5.02 Å². The van der Waals surface area contributed by atoms with E-state index in [1.165, 1.54) is 24.8 Å². The SMILES string of the molecule is Cc1cc(Cl)c2ccc3c(c2n1)OC(C)(C)C(O)C3NCCC1=CCCC1. The molecule has 1 aromatic carbocycles. The number of benzene rings is 1. The summed E-state index contributed by atoms with van der Waals surface area (Å²) in [7, 11) is 0. The molecule has 1 aliphatic heterocycles. The average Bonchev–Trinajstić information content (AvgIpc) is 3.11. The summed E-state index contributed by atoms with van der Waals surface area (Å²) >= 11 is 6.43. The number of fused-ring (bicyclic) bond motifs is 3. The predicted molar refractivity (Wildman–Crippen MR) is 109 cm³/mol. The largest absolute Gasteiger partial charge is 0.482 e. The first-order valence-corrected chi connectivity index (χ1v) is 10.1. The number of rotatable bonds is 4. The maximum atomic E-state index is 11.0. The molecule has 1 aromatic heterocycles. The number of aliphatic hydroxyl groups is 1. The summed E-state index contributed by atoms with van der Waals surface area (Å²) in [6.45, 7) is 6.61. The Balaban J connectivity index is 1.71. The molecule has 2 heterocycles. The molecule has 0 spiro atoms. The van der Waals surface area contributed by atoms with Crippen LogP contribution in [0, 0.1) is 6.92 Å². The van der Waals surface area contributed by atoms with E-state index in [4.69, 9.17) is 21.3 Å². The number of halogens is 1. The predicted octanol–water partition coefficient (Wildman–Crippen LogP) is 4.86. The fraction of sp³-hybridized carbons (Fsp3) is 0.500. The number of nitrogens with zero attached hydrogens (tertiary/aromatic N) is 1. The summed E-state index contributed by atoms with van der Waals surface area (Å²) in [4.78, 5) is 4.69.